The van der Waals surface area contributed by atoms with Gasteiger partial charge in [0.1, 0.15) is 17.3 Å². The second-order valence-corrected chi connectivity index (χ2v) is 2.91. The van der Waals surface area contributed by atoms with Gasteiger partial charge in [-0.05, 0) is 12.1 Å². The zero-order valence-corrected chi connectivity index (χ0v) is 7.37. The topological polar surface area (TPSA) is 12.0 Å². The van der Waals surface area contributed by atoms with Crippen LogP contribution >= 0.6 is 15.9 Å². The molecule has 1 aromatic rings. The van der Waals surface area contributed by atoms with Crippen molar-refractivity contribution in [3.8, 4) is 0 Å². The van der Waals surface area contributed by atoms with Gasteiger partial charge < -0.3 is 5.32 Å². The average molecular weight is 222 g/mol. The molecule has 1 aromatic carbocycles. The van der Waals surface area contributed by atoms with Gasteiger partial charge in [-0.1, -0.05) is 15.9 Å². The van der Waals surface area contributed by atoms with E-state index in [2.05, 4.69) is 21.2 Å². The molecule has 0 saturated heterocycles. The number of benzene rings is 1. The smallest absolute Gasteiger partial charge is 0.150 e. The molecule has 0 spiro atoms. The minimum absolute atomic E-state index is 0.104. The molecule has 0 radical (unpaired) electrons. The van der Waals surface area contributed by atoms with Crippen LogP contribution in [0.5, 0.6) is 0 Å². The van der Waals surface area contributed by atoms with Crippen LogP contribution in [0, 0.1) is 11.6 Å². The van der Waals surface area contributed by atoms with Crippen LogP contribution < -0.4 is 5.32 Å². The molecule has 0 aliphatic heterocycles. The van der Waals surface area contributed by atoms with Gasteiger partial charge >= 0.3 is 0 Å². The van der Waals surface area contributed by atoms with Crippen LogP contribution in [-0.4, -0.2) is 7.05 Å². The van der Waals surface area contributed by atoms with Gasteiger partial charge in [0.15, 0.2) is 0 Å². The number of nitrogens with one attached hydrogen (secondary N) is 1. The SMILES string of the molecule is CNc1c(F)cc(Br)cc1F. The quantitative estimate of drug-likeness (QED) is 0.770. The van der Waals surface area contributed by atoms with Crippen LogP contribution in [-0.2, 0) is 0 Å². The number of rotatable bonds is 1. The summed E-state index contributed by atoms with van der Waals surface area (Å²) >= 11 is 2.97. The highest BCUT2D eigenvalue weighted by Gasteiger charge is 2.07. The predicted octanol–water partition coefficient (Wildman–Crippen LogP) is 2.77. The highest BCUT2D eigenvalue weighted by molar-refractivity contribution is 9.10. The van der Waals surface area contributed by atoms with Gasteiger partial charge in [-0.25, -0.2) is 8.78 Å². The molecule has 0 bridgehead atoms. The molecule has 0 heterocycles. The maximum atomic E-state index is 12.8. The van der Waals surface area contributed by atoms with E-state index in [0.717, 1.165) is 0 Å². The van der Waals surface area contributed by atoms with Crippen LogP contribution in [0.4, 0.5) is 14.5 Å². The highest BCUT2D eigenvalue weighted by Crippen LogP contribution is 2.22. The molecule has 0 amide bonds. The van der Waals surface area contributed by atoms with Crippen LogP contribution in [0.25, 0.3) is 0 Å². The third-order valence-electron chi connectivity index (χ3n) is 1.26. The largest absolute Gasteiger partial charge is 0.383 e. The zero-order chi connectivity index (χ0) is 8.43. The van der Waals surface area contributed by atoms with Crippen LogP contribution in [0.1, 0.15) is 0 Å². The highest BCUT2D eigenvalue weighted by atomic mass is 79.9. The van der Waals surface area contributed by atoms with Crippen LogP contribution in [0.15, 0.2) is 16.6 Å². The first-order valence-corrected chi connectivity index (χ1v) is 3.76. The van der Waals surface area contributed by atoms with Crippen molar-refractivity contribution >= 4 is 21.6 Å². The normalized spacial score (nSPS) is 9.82. The fourth-order valence-corrected chi connectivity index (χ4v) is 1.18. The Morgan fingerprint density at radius 2 is 1.73 bits per heavy atom. The van der Waals surface area contributed by atoms with Crippen molar-refractivity contribution in [2.75, 3.05) is 12.4 Å². The Morgan fingerprint density at radius 3 is 2.09 bits per heavy atom. The first-order valence-electron chi connectivity index (χ1n) is 2.97. The maximum Gasteiger partial charge on any atom is 0.150 e. The summed E-state index contributed by atoms with van der Waals surface area (Å²) in [4.78, 5) is 0. The van der Waals surface area contributed by atoms with E-state index >= 15 is 0 Å². The van der Waals surface area contributed by atoms with Gasteiger partial charge in [-0.3, -0.25) is 0 Å². The molecule has 60 valence electrons. The van der Waals surface area contributed by atoms with Crippen molar-refractivity contribution in [1.82, 2.24) is 0 Å². The first kappa shape index (κ1) is 8.46. The minimum atomic E-state index is -0.598. The van der Waals surface area contributed by atoms with E-state index in [1.807, 2.05) is 0 Å². The summed E-state index contributed by atoms with van der Waals surface area (Å²) in [6, 6.07) is 2.41. The Kier molecular flexibility index (Phi) is 2.44. The van der Waals surface area contributed by atoms with Gasteiger partial charge in [-0.15, -0.1) is 0 Å². The molecule has 1 nitrogen and oxygen atoms in total. The fourth-order valence-electron chi connectivity index (χ4n) is 0.781. The van der Waals surface area contributed by atoms with Crippen molar-refractivity contribution in [2.45, 2.75) is 0 Å². The van der Waals surface area contributed by atoms with Crippen molar-refractivity contribution in [3.63, 3.8) is 0 Å². The molecule has 1 N–H and O–H groups in total. The first-order chi connectivity index (χ1) is 5.15. The molecular formula is C7H6BrF2N. The lowest BCUT2D eigenvalue weighted by Crippen LogP contribution is -1.96. The van der Waals surface area contributed by atoms with Crippen molar-refractivity contribution in [3.05, 3.63) is 28.2 Å². The molecule has 1 rings (SSSR count). The Balaban J connectivity index is 3.25. The monoisotopic (exact) mass is 221 g/mol. The molecule has 0 unspecified atom stereocenters. The van der Waals surface area contributed by atoms with Gasteiger partial charge in [0.25, 0.3) is 0 Å². The summed E-state index contributed by atoms with van der Waals surface area (Å²) in [5.74, 6) is -1.20. The molecule has 0 aliphatic carbocycles. The van der Waals surface area contributed by atoms with E-state index in [1.165, 1.54) is 19.2 Å². The number of halogens is 3. The average Bonchev–Trinajstić information content (AvgIpc) is 1.85. The summed E-state index contributed by atoms with van der Waals surface area (Å²) in [7, 11) is 1.47. The summed E-state index contributed by atoms with van der Waals surface area (Å²) in [5, 5.41) is 2.42. The second-order valence-electron chi connectivity index (χ2n) is 1.99. The lowest BCUT2D eigenvalue weighted by molar-refractivity contribution is 0.588. The Bertz CT molecular complexity index is 252. The third kappa shape index (κ3) is 1.68. The molecule has 0 saturated carbocycles. The molecule has 4 heteroatoms. The van der Waals surface area contributed by atoms with Crippen molar-refractivity contribution in [1.29, 1.82) is 0 Å². The standard InChI is InChI=1S/C7H6BrF2N/c1-11-7-5(9)2-4(8)3-6(7)10/h2-3,11H,1H3. The van der Waals surface area contributed by atoms with Gasteiger partial charge in [0, 0.05) is 11.5 Å². The van der Waals surface area contributed by atoms with E-state index in [9.17, 15) is 8.78 Å². The Hall–Kier alpha value is -0.640. The lowest BCUT2D eigenvalue weighted by Gasteiger charge is -2.03. The third-order valence-corrected chi connectivity index (χ3v) is 1.71. The zero-order valence-electron chi connectivity index (χ0n) is 5.79. The lowest BCUT2D eigenvalue weighted by atomic mass is 10.3. The summed E-state index contributed by atoms with van der Waals surface area (Å²) < 4.78 is 26.0. The van der Waals surface area contributed by atoms with Crippen LogP contribution in [0.2, 0.25) is 0 Å². The van der Waals surface area contributed by atoms with E-state index in [1.54, 1.807) is 0 Å². The van der Waals surface area contributed by atoms with Gasteiger partial charge in [-0.2, -0.15) is 0 Å². The van der Waals surface area contributed by atoms with Crippen molar-refractivity contribution in [2.24, 2.45) is 0 Å². The van der Waals surface area contributed by atoms with E-state index in [-0.39, 0.29) is 5.69 Å². The summed E-state index contributed by atoms with van der Waals surface area (Å²) in [6.07, 6.45) is 0. The summed E-state index contributed by atoms with van der Waals surface area (Å²) in [5.41, 5.74) is -0.104. The van der Waals surface area contributed by atoms with E-state index in [0.29, 0.717) is 4.47 Å². The maximum absolute atomic E-state index is 12.8. The van der Waals surface area contributed by atoms with E-state index < -0.39 is 11.6 Å². The van der Waals surface area contributed by atoms with Gasteiger partial charge in [0.05, 0.1) is 0 Å². The van der Waals surface area contributed by atoms with Crippen LogP contribution in [0.3, 0.4) is 0 Å². The summed E-state index contributed by atoms with van der Waals surface area (Å²) in [6.45, 7) is 0. The fraction of sp³-hybridized carbons (Fsp3) is 0.143. The second kappa shape index (κ2) is 3.17. The molecule has 0 aliphatic rings. The molecular weight excluding hydrogens is 216 g/mol. The van der Waals surface area contributed by atoms with Gasteiger partial charge in [0.2, 0.25) is 0 Å². The molecule has 0 aromatic heterocycles. The number of hydrogen-bond acceptors (Lipinski definition) is 1. The molecule has 11 heavy (non-hydrogen) atoms. The van der Waals surface area contributed by atoms with E-state index in [4.69, 9.17) is 0 Å². The minimum Gasteiger partial charge on any atom is -0.383 e. The Labute approximate surface area is 71.5 Å². The molecule has 0 atom stereocenters. The number of hydrogen-bond donors (Lipinski definition) is 1. The number of anilines is 1. The predicted molar refractivity (Wildman–Crippen MR) is 43.6 cm³/mol. The Morgan fingerprint density at radius 1 is 1.27 bits per heavy atom. The van der Waals surface area contributed by atoms with Crippen molar-refractivity contribution < 1.29 is 8.78 Å². The molecule has 0 fully saturated rings.